The topological polar surface area (TPSA) is 38.9 Å². The molecule has 2 nitrogen and oxygen atoms in total. The van der Waals surface area contributed by atoms with Gasteiger partial charge in [0.25, 0.3) is 0 Å². The summed E-state index contributed by atoms with van der Waals surface area (Å²) in [6.07, 6.45) is 4.77. The number of nitrogens with zero attached hydrogens (tertiary/aromatic N) is 1. The van der Waals surface area contributed by atoms with Gasteiger partial charge in [0.1, 0.15) is 0 Å². The zero-order valence-electron chi connectivity index (χ0n) is 11.9. The highest BCUT2D eigenvalue weighted by molar-refractivity contribution is 5.36. The van der Waals surface area contributed by atoms with Gasteiger partial charge in [-0.1, -0.05) is 38.1 Å². The summed E-state index contributed by atoms with van der Waals surface area (Å²) in [4.78, 5) is 4.12. The monoisotopic (exact) mass is 254 g/mol. The molecule has 0 aliphatic heterocycles. The standard InChI is InChI=1S/C17H22N2/c1-12(2)9-14-5-4-6-15(10-14)17(18)16-7-8-19-11-13(16)3/h4-8,10-12,17H,9,18H2,1-3H3. The minimum Gasteiger partial charge on any atom is -0.320 e. The molecule has 0 amide bonds. The van der Waals surface area contributed by atoms with Crippen molar-refractivity contribution < 1.29 is 0 Å². The smallest absolute Gasteiger partial charge is 0.0555 e. The van der Waals surface area contributed by atoms with Crippen molar-refractivity contribution in [1.82, 2.24) is 4.98 Å². The SMILES string of the molecule is Cc1cnccc1C(N)c1cccc(CC(C)C)c1. The normalized spacial score (nSPS) is 12.7. The van der Waals surface area contributed by atoms with E-state index in [0.29, 0.717) is 5.92 Å². The van der Waals surface area contributed by atoms with Crippen molar-refractivity contribution in [1.29, 1.82) is 0 Å². The summed E-state index contributed by atoms with van der Waals surface area (Å²) in [5.74, 6) is 0.661. The Morgan fingerprint density at radius 3 is 2.68 bits per heavy atom. The minimum atomic E-state index is -0.0740. The van der Waals surface area contributed by atoms with Gasteiger partial charge in [-0.15, -0.1) is 0 Å². The van der Waals surface area contributed by atoms with E-state index in [9.17, 15) is 0 Å². The molecule has 1 aromatic carbocycles. The second-order valence-corrected chi connectivity index (χ2v) is 5.55. The van der Waals surface area contributed by atoms with Crippen LogP contribution in [0.15, 0.2) is 42.7 Å². The maximum absolute atomic E-state index is 6.39. The van der Waals surface area contributed by atoms with Gasteiger partial charge >= 0.3 is 0 Å². The Labute approximate surface area is 115 Å². The van der Waals surface area contributed by atoms with Gasteiger partial charge in [0.05, 0.1) is 6.04 Å². The summed E-state index contributed by atoms with van der Waals surface area (Å²) >= 11 is 0. The van der Waals surface area contributed by atoms with Crippen LogP contribution >= 0.6 is 0 Å². The predicted octanol–water partition coefficient (Wildman–Crippen LogP) is 3.64. The zero-order chi connectivity index (χ0) is 13.8. The first-order valence-electron chi connectivity index (χ1n) is 6.83. The van der Waals surface area contributed by atoms with E-state index in [4.69, 9.17) is 5.73 Å². The molecule has 0 bridgehead atoms. The van der Waals surface area contributed by atoms with Gasteiger partial charge in [0, 0.05) is 12.4 Å². The van der Waals surface area contributed by atoms with Crippen LogP contribution < -0.4 is 5.73 Å². The van der Waals surface area contributed by atoms with Crippen molar-refractivity contribution in [2.75, 3.05) is 0 Å². The molecule has 0 aliphatic rings. The van der Waals surface area contributed by atoms with Crippen LogP contribution in [0.25, 0.3) is 0 Å². The average Bonchev–Trinajstić information content (AvgIpc) is 2.38. The Balaban J connectivity index is 2.29. The number of pyridine rings is 1. The van der Waals surface area contributed by atoms with Gasteiger partial charge in [0.2, 0.25) is 0 Å². The third-order valence-corrected chi connectivity index (χ3v) is 3.35. The molecule has 0 aliphatic carbocycles. The van der Waals surface area contributed by atoms with E-state index < -0.39 is 0 Å². The molecule has 1 atom stereocenters. The van der Waals surface area contributed by atoms with Gasteiger partial charge in [-0.05, 0) is 47.6 Å². The molecule has 100 valence electrons. The molecule has 0 radical (unpaired) electrons. The van der Waals surface area contributed by atoms with Crippen LogP contribution in [0.4, 0.5) is 0 Å². The molecule has 1 heterocycles. The first kappa shape index (κ1) is 13.8. The van der Waals surface area contributed by atoms with Gasteiger partial charge < -0.3 is 5.73 Å². The molecule has 0 saturated heterocycles. The molecule has 0 fully saturated rings. The van der Waals surface area contributed by atoms with E-state index in [1.807, 2.05) is 12.3 Å². The molecular weight excluding hydrogens is 232 g/mol. The first-order valence-corrected chi connectivity index (χ1v) is 6.83. The van der Waals surface area contributed by atoms with Crippen LogP contribution in [0.2, 0.25) is 0 Å². The van der Waals surface area contributed by atoms with Crippen molar-refractivity contribution in [2.24, 2.45) is 11.7 Å². The summed E-state index contributed by atoms with van der Waals surface area (Å²) in [6.45, 7) is 6.53. The fraction of sp³-hybridized carbons (Fsp3) is 0.353. The molecule has 0 spiro atoms. The number of hydrogen-bond donors (Lipinski definition) is 1. The lowest BCUT2D eigenvalue weighted by atomic mass is 9.94. The maximum Gasteiger partial charge on any atom is 0.0555 e. The van der Waals surface area contributed by atoms with Gasteiger partial charge in [-0.25, -0.2) is 0 Å². The second kappa shape index (κ2) is 5.98. The molecule has 1 unspecified atom stereocenters. The lowest BCUT2D eigenvalue weighted by Gasteiger charge is -2.16. The van der Waals surface area contributed by atoms with Gasteiger partial charge in [0.15, 0.2) is 0 Å². The maximum atomic E-state index is 6.39. The van der Waals surface area contributed by atoms with Crippen molar-refractivity contribution in [2.45, 2.75) is 33.2 Å². The van der Waals surface area contributed by atoms with Crippen molar-refractivity contribution in [3.05, 3.63) is 65.0 Å². The van der Waals surface area contributed by atoms with Gasteiger partial charge in [-0.3, -0.25) is 4.98 Å². The largest absolute Gasteiger partial charge is 0.320 e. The third-order valence-electron chi connectivity index (χ3n) is 3.35. The van der Waals surface area contributed by atoms with Crippen molar-refractivity contribution in [3.8, 4) is 0 Å². The van der Waals surface area contributed by atoms with Crippen LogP contribution in [0.1, 0.15) is 42.1 Å². The minimum absolute atomic E-state index is 0.0740. The molecule has 19 heavy (non-hydrogen) atoms. The van der Waals surface area contributed by atoms with Crippen LogP contribution in [0.5, 0.6) is 0 Å². The molecule has 2 N–H and O–H groups in total. The average molecular weight is 254 g/mol. The molecule has 2 aromatic rings. The predicted molar refractivity (Wildman–Crippen MR) is 80.0 cm³/mol. The second-order valence-electron chi connectivity index (χ2n) is 5.55. The fourth-order valence-corrected chi connectivity index (χ4v) is 2.40. The Morgan fingerprint density at radius 1 is 1.21 bits per heavy atom. The summed E-state index contributed by atoms with van der Waals surface area (Å²) in [6, 6.07) is 10.5. The highest BCUT2D eigenvalue weighted by Gasteiger charge is 2.11. The lowest BCUT2D eigenvalue weighted by Crippen LogP contribution is -2.13. The van der Waals surface area contributed by atoms with Gasteiger partial charge in [-0.2, -0.15) is 0 Å². The summed E-state index contributed by atoms with van der Waals surface area (Å²) in [7, 11) is 0. The number of aryl methyl sites for hydroxylation is 1. The molecule has 2 rings (SSSR count). The van der Waals surface area contributed by atoms with E-state index in [1.165, 1.54) is 11.1 Å². The number of rotatable bonds is 4. The zero-order valence-corrected chi connectivity index (χ0v) is 11.9. The molecule has 2 heteroatoms. The Morgan fingerprint density at radius 2 is 2.00 bits per heavy atom. The quantitative estimate of drug-likeness (QED) is 0.904. The number of benzene rings is 1. The van der Waals surface area contributed by atoms with Crippen LogP contribution in [-0.4, -0.2) is 4.98 Å². The van der Waals surface area contributed by atoms with E-state index in [2.05, 4.69) is 50.0 Å². The van der Waals surface area contributed by atoms with Crippen LogP contribution in [0.3, 0.4) is 0 Å². The van der Waals surface area contributed by atoms with Crippen molar-refractivity contribution in [3.63, 3.8) is 0 Å². The van der Waals surface area contributed by atoms with Crippen LogP contribution in [-0.2, 0) is 6.42 Å². The van der Waals surface area contributed by atoms with E-state index in [0.717, 1.165) is 17.5 Å². The van der Waals surface area contributed by atoms with E-state index in [1.54, 1.807) is 6.20 Å². The van der Waals surface area contributed by atoms with Crippen LogP contribution in [0, 0.1) is 12.8 Å². The summed E-state index contributed by atoms with van der Waals surface area (Å²) in [5, 5.41) is 0. The Bertz CT molecular complexity index is 546. The Hall–Kier alpha value is -1.67. The summed E-state index contributed by atoms with van der Waals surface area (Å²) < 4.78 is 0. The lowest BCUT2D eigenvalue weighted by molar-refractivity contribution is 0.646. The van der Waals surface area contributed by atoms with E-state index >= 15 is 0 Å². The number of aromatic nitrogens is 1. The molecule has 1 aromatic heterocycles. The fourth-order valence-electron chi connectivity index (χ4n) is 2.40. The number of hydrogen-bond acceptors (Lipinski definition) is 2. The number of nitrogens with two attached hydrogens (primary N) is 1. The Kier molecular flexibility index (Phi) is 4.33. The highest BCUT2D eigenvalue weighted by Crippen LogP contribution is 2.23. The third kappa shape index (κ3) is 3.42. The first-order chi connectivity index (χ1) is 9.08. The molecule has 0 saturated carbocycles. The van der Waals surface area contributed by atoms with Crippen molar-refractivity contribution >= 4 is 0 Å². The molecular formula is C17H22N2. The summed E-state index contributed by atoms with van der Waals surface area (Å²) in [5.41, 5.74) is 11.2. The highest BCUT2D eigenvalue weighted by atomic mass is 14.7. The van der Waals surface area contributed by atoms with E-state index in [-0.39, 0.29) is 6.04 Å².